The number of aromatic amines is 1. The van der Waals surface area contributed by atoms with Crippen LogP contribution in [0.3, 0.4) is 0 Å². The highest BCUT2D eigenvalue weighted by Crippen LogP contribution is 2.44. The van der Waals surface area contributed by atoms with E-state index < -0.39 is 11.7 Å². The van der Waals surface area contributed by atoms with Gasteiger partial charge in [-0.05, 0) is 49.6 Å². The normalized spacial score (nSPS) is 11.7. The number of hydrogen-bond donors (Lipinski definition) is 2. The number of fused-ring (bicyclic) bond motifs is 1. The highest BCUT2D eigenvalue weighted by molar-refractivity contribution is 5.93. The van der Waals surface area contributed by atoms with Crippen molar-refractivity contribution < 1.29 is 27.4 Å². The molecule has 0 saturated carbocycles. The van der Waals surface area contributed by atoms with Crippen LogP contribution in [0.4, 0.5) is 13.2 Å². The third-order valence-corrected chi connectivity index (χ3v) is 5.08. The Morgan fingerprint density at radius 3 is 2.17 bits per heavy atom. The lowest BCUT2D eigenvalue weighted by Crippen LogP contribution is -2.05. The second kappa shape index (κ2) is 8.87. The molecule has 0 radical (unpaired) electrons. The number of nitrogens with one attached hydrogen (secondary N) is 1. The molecular weight excluding hydrogens is 397 g/mol. The molecule has 0 aliphatic carbocycles. The van der Waals surface area contributed by atoms with E-state index in [0.29, 0.717) is 46.9 Å². The van der Waals surface area contributed by atoms with Gasteiger partial charge >= 0.3 is 6.18 Å². The summed E-state index contributed by atoms with van der Waals surface area (Å²) in [5.41, 5.74) is 7.04. The van der Waals surface area contributed by atoms with Crippen molar-refractivity contribution >= 4 is 10.9 Å². The Balaban J connectivity index is 2.28. The van der Waals surface area contributed by atoms with Crippen LogP contribution in [-0.4, -0.2) is 32.9 Å². The molecule has 5 nitrogen and oxygen atoms in total. The summed E-state index contributed by atoms with van der Waals surface area (Å²) < 4.78 is 57.0. The average Bonchev–Trinajstić information content (AvgIpc) is 3.10. The highest BCUT2D eigenvalue weighted by atomic mass is 19.4. The molecule has 2 aromatic carbocycles. The molecule has 0 atom stereocenters. The zero-order valence-electron chi connectivity index (χ0n) is 17.2. The lowest BCUT2D eigenvalue weighted by atomic mass is 9.99. The number of alkyl halides is 3. The Kier molecular flexibility index (Phi) is 6.45. The summed E-state index contributed by atoms with van der Waals surface area (Å²) in [6.45, 7) is 0.523. The van der Waals surface area contributed by atoms with Gasteiger partial charge in [0, 0.05) is 16.6 Å². The van der Waals surface area contributed by atoms with Crippen molar-refractivity contribution in [3.05, 3.63) is 41.5 Å². The fraction of sp³-hybridized carbons (Fsp3) is 0.364. The number of aromatic nitrogens is 1. The first kappa shape index (κ1) is 21.8. The van der Waals surface area contributed by atoms with Crippen molar-refractivity contribution in [3.63, 3.8) is 0 Å². The van der Waals surface area contributed by atoms with Crippen LogP contribution in [0.2, 0.25) is 0 Å². The van der Waals surface area contributed by atoms with Crippen LogP contribution in [-0.2, 0) is 12.6 Å². The van der Waals surface area contributed by atoms with E-state index in [1.165, 1.54) is 27.4 Å². The maximum atomic E-state index is 13.6. The maximum Gasteiger partial charge on any atom is 0.418 e. The van der Waals surface area contributed by atoms with E-state index in [9.17, 15) is 13.2 Å². The fourth-order valence-corrected chi connectivity index (χ4v) is 3.69. The van der Waals surface area contributed by atoms with E-state index in [0.717, 1.165) is 24.5 Å². The van der Waals surface area contributed by atoms with Crippen LogP contribution in [0.5, 0.6) is 17.2 Å². The topological polar surface area (TPSA) is 69.5 Å². The van der Waals surface area contributed by atoms with Crippen molar-refractivity contribution in [2.75, 3.05) is 27.9 Å². The van der Waals surface area contributed by atoms with Gasteiger partial charge in [-0.1, -0.05) is 12.1 Å². The van der Waals surface area contributed by atoms with Crippen LogP contribution in [0.15, 0.2) is 30.3 Å². The first-order valence-electron chi connectivity index (χ1n) is 9.56. The Labute approximate surface area is 172 Å². The van der Waals surface area contributed by atoms with Gasteiger partial charge in [0.15, 0.2) is 11.5 Å². The minimum Gasteiger partial charge on any atom is -0.493 e. The van der Waals surface area contributed by atoms with Gasteiger partial charge in [-0.25, -0.2) is 0 Å². The van der Waals surface area contributed by atoms with Crippen molar-refractivity contribution in [1.82, 2.24) is 4.98 Å². The molecule has 3 N–H and O–H groups in total. The molecular formula is C22H25F3N2O3. The Morgan fingerprint density at radius 2 is 1.63 bits per heavy atom. The number of nitrogens with two attached hydrogens (primary N) is 1. The molecule has 0 aliphatic rings. The molecule has 3 aromatic rings. The predicted octanol–water partition coefficient (Wildman–Crippen LogP) is 5.16. The molecule has 1 aromatic heterocycles. The fourth-order valence-electron chi connectivity index (χ4n) is 3.69. The molecule has 0 amide bonds. The zero-order valence-corrected chi connectivity index (χ0v) is 17.2. The van der Waals surface area contributed by atoms with Gasteiger partial charge in [0.05, 0.1) is 32.4 Å². The monoisotopic (exact) mass is 422 g/mol. The summed E-state index contributed by atoms with van der Waals surface area (Å²) in [4.78, 5) is 3.02. The number of halogens is 3. The first-order chi connectivity index (χ1) is 14.3. The maximum absolute atomic E-state index is 13.6. The van der Waals surface area contributed by atoms with Crippen LogP contribution < -0.4 is 19.9 Å². The number of ether oxygens (including phenoxy) is 3. The standard InChI is InChI=1S/C22H25F3N2O3/c1-28-17-11-13(12-18(29-2)21(17)30-3)19-14(7-4-5-10-26)15-8-6-9-16(20(15)27-19)22(23,24)25/h6,8-9,11-12,27H,4-5,7,10,26H2,1-3H3. The first-order valence-corrected chi connectivity index (χ1v) is 9.56. The van der Waals surface area contributed by atoms with Gasteiger partial charge < -0.3 is 24.9 Å². The molecule has 1 heterocycles. The van der Waals surface area contributed by atoms with Gasteiger partial charge in [-0.2, -0.15) is 13.2 Å². The third-order valence-electron chi connectivity index (χ3n) is 5.08. The van der Waals surface area contributed by atoms with E-state index in [4.69, 9.17) is 19.9 Å². The minimum absolute atomic E-state index is 0.0662. The van der Waals surface area contributed by atoms with Gasteiger partial charge in [0.1, 0.15) is 0 Å². The number of hydrogen-bond acceptors (Lipinski definition) is 4. The van der Waals surface area contributed by atoms with Crippen molar-refractivity contribution in [1.29, 1.82) is 0 Å². The van der Waals surface area contributed by atoms with Gasteiger partial charge in [-0.3, -0.25) is 0 Å². The zero-order chi connectivity index (χ0) is 21.9. The molecule has 0 saturated heterocycles. The summed E-state index contributed by atoms with van der Waals surface area (Å²) in [5.74, 6) is 1.27. The summed E-state index contributed by atoms with van der Waals surface area (Å²) in [6, 6.07) is 7.68. The van der Waals surface area contributed by atoms with Crippen LogP contribution >= 0.6 is 0 Å². The molecule has 3 rings (SSSR count). The number of benzene rings is 2. The largest absolute Gasteiger partial charge is 0.493 e. The molecule has 0 aliphatic heterocycles. The van der Waals surface area contributed by atoms with Crippen molar-refractivity contribution in [2.24, 2.45) is 5.73 Å². The van der Waals surface area contributed by atoms with Gasteiger partial charge in [0.2, 0.25) is 5.75 Å². The quantitative estimate of drug-likeness (QED) is 0.492. The number of unbranched alkanes of at least 4 members (excludes halogenated alkanes) is 1. The minimum atomic E-state index is -4.47. The smallest absolute Gasteiger partial charge is 0.418 e. The van der Waals surface area contributed by atoms with E-state index in [-0.39, 0.29) is 5.52 Å². The molecule has 0 unspecified atom stereocenters. The molecule has 0 fully saturated rings. The number of methoxy groups -OCH3 is 3. The summed E-state index contributed by atoms with van der Waals surface area (Å²) in [5, 5.41) is 0.547. The van der Waals surface area contributed by atoms with E-state index in [1.54, 1.807) is 18.2 Å². The van der Waals surface area contributed by atoms with E-state index in [1.807, 2.05) is 0 Å². The number of aryl methyl sites for hydroxylation is 1. The molecule has 162 valence electrons. The molecule has 0 bridgehead atoms. The summed E-state index contributed by atoms with van der Waals surface area (Å²) >= 11 is 0. The average molecular weight is 422 g/mol. The second-order valence-electron chi connectivity index (χ2n) is 6.86. The lowest BCUT2D eigenvalue weighted by Gasteiger charge is -2.14. The molecule has 0 spiro atoms. The molecule has 30 heavy (non-hydrogen) atoms. The van der Waals surface area contributed by atoms with Crippen LogP contribution in [0.25, 0.3) is 22.2 Å². The lowest BCUT2D eigenvalue weighted by molar-refractivity contribution is -0.136. The SMILES string of the molecule is COc1cc(-c2[nH]c3c(C(F)(F)F)cccc3c2CCCCN)cc(OC)c1OC. The van der Waals surface area contributed by atoms with Crippen LogP contribution in [0.1, 0.15) is 24.0 Å². The molecule has 8 heteroatoms. The number of rotatable bonds is 8. The van der Waals surface area contributed by atoms with Gasteiger partial charge in [0.25, 0.3) is 0 Å². The van der Waals surface area contributed by atoms with Gasteiger partial charge in [-0.15, -0.1) is 0 Å². The predicted molar refractivity (Wildman–Crippen MR) is 110 cm³/mol. The summed E-state index contributed by atoms with van der Waals surface area (Å²) in [7, 11) is 4.49. The van der Waals surface area contributed by atoms with Crippen molar-refractivity contribution in [2.45, 2.75) is 25.4 Å². The summed E-state index contributed by atoms with van der Waals surface area (Å²) in [6.07, 6.45) is -2.34. The number of H-pyrrole nitrogens is 1. The van der Waals surface area contributed by atoms with Crippen molar-refractivity contribution in [3.8, 4) is 28.5 Å². The highest BCUT2D eigenvalue weighted by Gasteiger charge is 2.34. The second-order valence-corrected chi connectivity index (χ2v) is 6.86. The Bertz CT molecular complexity index is 1000. The van der Waals surface area contributed by atoms with E-state index >= 15 is 0 Å². The number of para-hydroxylation sites is 1. The Hall–Kier alpha value is -2.87. The Morgan fingerprint density at radius 1 is 0.967 bits per heavy atom. The van der Waals surface area contributed by atoms with Crippen LogP contribution in [0, 0.1) is 0 Å². The van der Waals surface area contributed by atoms with E-state index in [2.05, 4.69) is 4.98 Å². The third kappa shape index (κ3) is 4.05.